The minimum Gasteiger partial charge on any atom is -0.484 e. The van der Waals surface area contributed by atoms with Crippen molar-refractivity contribution in [2.24, 2.45) is 0 Å². The summed E-state index contributed by atoms with van der Waals surface area (Å²) in [5, 5.41) is 0. The number of nitrogens with one attached hydrogen (secondary N) is 1. The predicted molar refractivity (Wildman–Crippen MR) is 93.5 cm³/mol. The number of anilines is 1. The second-order valence-electron chi connectivity index (χ2n) is 6.43. The van der Waals surface area contributed by atoms with Crippen molar-refractivity contribution < 1.29 is 27.7 Å². The molecule has 0 bridgehead atoms. The molecule has 1 saturated heterocycles. The van der Waals surface area contributed by atoms with Gasteiger partial charge in [0.2, 0.25) is 0 Å². The van der Waals surface area contributed by atoms with Crippen molar-refractivity contribution in [2.45, 2.75) is 13.1 Å². The monoisotopic (exact) mass is 380 g/mol. The van der Waals surface area contributed by atoms with Crippen LogP contribution >= 0.6 is 0 Å². The highest BCUT2D eigenvalue weighted by molar-refractivity contribution is 5.78. The zero-order valence-electron chi connectivity index (χ0n) is 14.9. The predicted octanol–water partition coefficient (Wildman–Crippen LogP) is 2.56. The van der Waals surface area contributed by atoms with Gasteiger partial charge >= 0.3 is 6.18 Å². The van der Waals surface area contributed by atoms with Crippen LogP contribution in [0.25, 0.3) is 0 Å². The first kappa shape index (κ1) is 19.0. The van der Waals surface area contributed by atoms with Gasteiger partial charge in [0.25, 0.3) is 11.7 Å². The Morgan fingerprint density at radius 3 is 2.30 bits per heavy atom. The summed E-state index contributed by atoms with van der Waals surface area (Å²) in [7, 11) is 0. The van der Waals surface area contributed by atoms with E-state index in [0.29, 0.717) is 37.7 Å². The molecule has 0 aliphatic carbocycles. The summed E-state index contributed by atoms with van der Waals surface area (Å²) in [5.74, 6) is 1.14. The third kappa shape index (κ3) is 4.90. The van der Waals surface area contributed by atoms with Gasteiger partial charge in [0, 0.05) is 6.07 Å². The fourth-order valence-corrected chi connectivity index (χ4v) is 2.86. The Morgan fingerprint density at radius 2 is 1.74 bits per heavy atom. The van der Waals surface area contributed by atoms with E-state index in [2.05, 4.69) is 4.98 Å². The van der Waals surface area contributed by atoms with Crippen LogP contribution in [0, 0.1) is 6.92 Å². The fourth-order valence-electron chi connectivity index (χ4n) is 2.86. The van der Waals surface area contributed by atoms with Crippen LogP contribution in [-0.4, -0.2) is 43.6 Å². The van der Waals surface area contributed by atoms with Gasteiger partial charge in [-0.3, -0.25) is 9.69 Å². The summed E-state index contributed by atoms with van der Waals surface area (Å²) < 4.78 is 43.4. The lowest BCUT2D eigenvalue weighted by atomic mass is 10.2. The summed E-state index contributed by atoms with van der Waals surface area (Å²) in [6.45, 7) is 4.00. The normalized spacial score (nSPS) is 15.0. The summed E-state index contributed by atoms with van der Waals surface area (Å²) in [4.78, 5) is 18.6. The van der Waals surface area contributed by atoms with Crippen LogP contribution in [0.5, 0.6) is 5.75 Å². The molecule has 0 radical (unpaired) electrons. The maximum Gasteiger partial charge on any atom is 0.419 e. The second-order valence-corrected chi connectivity index (χ2v) is 6.43. The molecule has 1 amide bonds. The molecule has 2 aromatic rings. The maximum atomic E-state index is 12.6. The number of ether oxygens (including phenoxy) is 1. The lowest BCUT2D eigenvalue weighted by Crippen LogP contribution is -2.51. The van der Waals surface area contributed by atoms with E-state index >= 15 is 0 Å². The number of hydrogen-bond acceptors (Lipinski definition) is 3. The molecule has 27 heavy (non-hydrogen) atoms. The van der Waals surface area contributed by atoms with Crippen LogP contribution in [0.4, 0.5) is 19.0 Å². The Balaban J connectivity index is 1.49. The van der Waals surface area contributed by atoms with Gasteiger partial charge in [0.1, 0.15) is 25.0 Å². The Bertz CT molecular complexity index is 768. The number of carbonyl (C=O) groups excluding carboxylic acids is 1. The zero-order chi connectivity index (χ0) is 19.4. The van der Waals surface area contributed by atoms with E-state index in [1.165, 1.54) is 6.07 Å². The number of H-pyrrole nitrogens is 1. The molecule has 0 unspecified atom stereocenters. The van der Waals surface area contributed by atoms with Gasteiger partial charge in [-0.25, -0.2) is 4.98 Å². The quantitative estimate of drug-likeness (QED) is 0.819. The molecule has 1 N–H and O–H groups in total. The lowest BCUT2D eigenvalue weighted by Gasteiger charge is -2.31. The molecular formula is C19H21F3N3O2+. The van der Waals surface area contributed by atoms with Crippen molar-refractivity contribution in [1.29, 1.82) is 0 Å². The molecule has 1 aliphatic rings. The minimum atomic E-state index is -4.36. The highest BCUT2D eigenvalue weighted by Crippen LogP contribution is 2.28. The highest BCUT2D eigenvalue weighted by atomic mass is 19.4. The van der Waals surface area contributed by atoms with Crippen molar-refractivity contribution in [1.82, 2.24) is 4.90 Å². The largest absolute Gasteiger partial charge is 0.484 e. The van der Waals surface area contributed by atoms with Crippen LogP contribution in [0.2, 0.25) is 0 Å². The molecular weight excluding hydrogens is 359 g/mol. The topological polar surface area (TPSA) is 46.9 Å². The first-order chi connectivity index (χ1) is 12.8. The van der Waals surface area contributed by atoms with Crippen molar-refractivity contribution in [3.05, 3.63) is 53.7 Å². The van der Waals surface area contributed by atoms with Crippen LogP contribution in [0.1, 0.15) is 11.1 Å². The van der Waals surface area contributed by atoms with Gasteiger partial charge in [0.05, 0.1) is 18.7 Å². The van der Waals surface area contributed by atoms with Gasteiger partial charge in [0.15, 0.2) is 6.61 Å². The number of amides is 1. The van der Waals surface area contributed by atoms with Crippen molar-refractivity contribution in [3.8, 4) is 5.75 Å². The fraction of sp³-hybridized carbons (Fsp3) is 0.368. The Kier molecular flexibility index (Phi) is 5.53. The van der Waals surface area contributed by atoms with Gasteiger partial charge in [-0.05, 0) is 25.1 Å². The Labute approximate surface area is 155 Å². The average molecular weight is 380 g/mol. The Morgan fingerprint density at radius 1 is 1.07 bits per heavy atom. The molecule has 1 aromatic heterocycles. The molecule has 8 heteroatoms. The van der Waals surface area contributed by atoms with Crippen molar-refractivity contribution in [3.63, 3.8) is 0 Å². The van der Waals surface area contributed by atoms with Gasteiger partial charge < -0.3 is 9.64 Å². The number of aromatic nitrogens is 1. The van der Waals surface area contributed by atoms with Crippen LogP contribution in [0.3, 0.4) is 0 Å². The molecule has 1 aromatic carbocycles. The molecule has 2 heterocycles. The van der Waals surface area contributed by atoms with E-state index < -0.39 is 11.7 Å². The standard InChI is InChI=1S/C19H20F3N3O2/c1-14-2-5-16(6-3-14)27-13-18(26)25-10-8-24(9-11-25)17-7-4-15(12-23-17)19(20,21)22/h2-7,12H,8-11,13H2,1H3/p+1. The number of pyridine rings is 1. The average Bonchev–Trinajstić information content (AvgIpc) is 2.67. The van der Waals surface area contributed by atoms with Crippen LogP contribution in [0.15, 0.2) is 42.6 Å². The number of aromatic amines is 1. The highest BCUT2D eigenvalue weighted by Gasteiger charge is 2.33. The Hall–Kier alpha value is -2.77. The number of benzene rings is 1. The van der Waals surface area contributed by atoms with E-state index in [9.17, 15) is 18.0 Å². The summed E-state index contributed by atoms with van der Waals surface area (Å²) in [6, 6.07) is 9.94. The molecule has 1 aliphatic heterocycles. The molecule has 3 rings (SSSR count). The number of nitrogens with zero attached hydrogens (tertiary/aromatic N) is 2. The first-order valence-electron chi connectivity index (χ1n) is 8.64. The summed E-state index contributed by atoms with van der Waals surface area (Å²) >= 11 is 0. The van der Waals surface area contributed by atoms with Crippen molar-refractivity contribution in [2.75, 3.05) is 37.7 Å². The SMILES string of the molecule is Cc1ccc(OCC(=O)N2CCN(c3ccc(C(F)(F)F)c[nH+]3)CC2)cc1. The molecule has 0 saturated carbocycles. The van der Waals surface area contributed by atoms with E-state index in [1.54, 1.807) is 4.90 Å². The lowest BCUT2D eigenvalue weighted by molar-refractivity contribution is -0.367. The number of carbonyl (C=O) groups is 1. The first-order valence-corrected chi connectivity index (χ1v) is 8.64. The third-order valence-corrected chi connectivity index (χ3v) is 4.48. The molecule has 5 nitrogen and oxygen atoms in total. The molecule has 0 spiro atoms. The maximum absolute atomic E-state index is 12.6. The number of halogens is 3. The molecule has 0 atom stereocenters. The van der Waals surface area contributed by atoms with E-state index in [4.69, 9.17) is 4.74 Å². The van der Waals surface area contributed by atoms with Gasteiger partial charge in [-0.1, -0.05) is 17.7 Å². The third-order valence-electron chi connectivity index (χ3n) is 4.48. The van der Waals surface area contributed by atoms with Gasteiger partial charge in [-0.2, -0.15) is 13.2 Å². The number of hydrogen-bond donors (Lipinski definition) is 0. The summed E-state index contributed by atoms with van der Waals surface area (Å²) in [6.07, 6.45) is -3.40. The van der Waals surface area contributed by atoms with Gasteiger partial charge in [-0.15, -0.1) is 0 Å². The molecule has 144 valence electrons. The van der Waals surface area contributed by atoms with Crippen LogP contribution in [-0.2, 0) is 11.0 Å². The summed E-state index contributed by atoms with van der Waals surface area (Å²) in [5.41, 5.74) is 0.401. The zero-order valence-corrected chi connectivity index (χ0v) is 14.9. The number of aryl methyl sites for hydroxylation is 1. The number of piperazine rings is 1. The molecule has 1 fully saturated rings. The van der Waals surface area contributed by atoms with E-state index in [1.807, 2.05) is 36.1 Å². The minimum absolute atomic E-state index is 0.0323. The number of alkyl halides is 3. The van der Waals surface area contributed by atoms with Crippen LogP contribution < -0.4 is 14.6 Å². The number of rotatable bonds is 4. The van der Waals surface area contributed by atoms with E-state index in [-0.39, 0.29) is 12.5 Å². The van der Waals surface area contributed by atoms with E-state index in [0.717, 1.165) is 17.8 Å². The smallest absolute Gasteiger partial charge is 0.419 e. The van der Waals surface area contributed by atoms with Crippen molar-refractivity contribution >= 4 is 11.7 Å². The second kappa shape index (κ2) is 7.85.